The number of hydrogen-bond acceptors (Lipinski definition) is 3. The van der Waals surface area contributed by atoms with Gasteiger partial charge in [-0.2, -0.15) is 0 Å². The average Bonchev–Trinajstić information content (AvgIpc) is 2.38. The molecular formula is C12H15Cl3N2O2. The molecule has 1 amide bonds. The Morgan fingerprint density at radius 3 is 2.63 bits per heavy atom. The first-order valence-electron chi connectivity index (χ1n) is 5.65. The van der Waals surface area contributed by atoms with Crippen molar-refractivity contribution >= 4 is 40.7 Å². The fourth-order valence-electron chi connectivity index (χ4n) is 1.39. The van der Waals surface area contributed by atoms with E-state index in [1.807, 2.05) is 0 Å². The molecule has 4 nitrogen and oxygen atoms in total. The molecule has 0 unspecified atom stereocenters. The van der Waals surface area contributed by atoms with Crippen LogP contribution in [0.15, 0.2) is 12.1 Å². The highest BCUT2D eigenvalue weighted by molar-refractivity contribution is 6.44. The van der Waals surface area contributed by atoms with Crippen molar-refractivity contribution in [3.05, 3.63) is 32.8 Å². The van der Waals surface area contributed by atoms with Crippen LogP contribution in [0.5, 0.6) is 0 Å². The van der Waals surface area contributed by atoms with Gasteiger partial charge in [-0.15, -0.1) is 0 Å². The predicted molar refractivity (Wildman–Crippen MR) is 78.1 cm³/mol. The molecule has 1 aromatic rings. The van der Waals surface area contributed by atoms with E-state index in [0.29, 0.717) is 40.3 Å². The third kappa shape index (κ3) is 5.55. The summed E-state index contributed by atoms with van der Waals surface area (Å²) in [4.78, 5) is 11.4. The van der Waals surface area contributed by atoms with Crippen molar-refractivity contribution in [2.45, 2.75) is 6.54 Å². The van der Waals surface area contributed by atoms with E-state index in [0.717, 1.165) is 0 Å². The summed E-state index contributed by atoms with van der Waals surface area (Å²) in [5.74, 6) is -0.119. The van der Waals surface area contributed by atoms with Crippen LogP contribution in [0.25, 0.3) is 0 Å². The third-order valence-electron chi connectivity index (χ3n) is 2.35. The van der Waals surface area contributed by atoms with Crippen molar-refractivity contribution in [3.8, 4) is 0 Å². The third-order valence-corrected chi connectivity index (χ3v) is 3.55. The maximum Gasteiger partial charge on any atom is 0.234 e. The van der Waals surface area contributed by atoms with Crippen LogP contribution in [0.1, 0.15) is 5.56 Å². The Morgan fingerprint density at radius 1 is 1.26 bits per heavy atom. The molecule has 0 aliphatic rings. The second-order valence-corrected chi connectivity index (χ2v) is 4.96. The van der Waals surface area contributed by atoms with Crippen molar-refractivity contribution in [2.24, 2.45) is 0 Å². The van der Waals surface area contributed by atoms with Gasteiger partial charge in [0.15, 0.2) is 0 Å². The van der Waals surface area contributed by atoms with Crippen LogP contribution in [0, 0.1) is 0 Å². The van der Waals surface area contributed by atoms with E-state index in [1.54, 1.807) is 19.2 Å². The van der Waals surface area contributed by atoms with Crippen LogP contribution in [0.2, 0.25) is 15.1 Å². The Bertz CT molecular complexity index is 441. The van der Waals surface area contributed by atoms with Gasteiger partial charge in [0.2, 0.25) is 5.91 Å². The first-order valence-corrected chi connectivity index (χ1v) is 6.78. The van der Waals surface area contributed by atoms with Crippen LogP contribution in [0.4, 0.5) is 0 Å². The monoisotopic (exact) mass is 324 g/mol. The number of carbonyl (C=O) groups is 1. The fraction of sp³-hybridized carbons (Fsp3) is 0.417. The number of benzene rings is 1. The number of amides is 1. The van der Waals surface area contributed by atoms with E-state index in [4.69, 9.17) is 39.5 Å². The van der Waals surface area contributed by atoms with Gasteiger partial charge in [0, 0.05) is 30.8 Å². The minimum absolute atomic E-state index is 0.119. The maximum atomic E-state index is 11.4. The molecule has 1 aromatic carbocycles. The minimum atomic E-state index is -0.119. The van der Waals surface area contributed by atoms with Gasteiger partial charge in [-0.25, -0.2) is 0 Å². The van der Waals surface area contributed by atoms with E-state index >= 15 is 0 Å². The van der Waals surface area contributed by atoms with Crippen molar-refractivity contribution in [3.63, 3.8) is 0 Å². The molecule has 1 rings (SSSR count). The number of halogens is 3. The van der Waals surface area contributed by atoms with Gasteiger partial charge < -0.3 is 15.4 Å². The molecule has 7 heteroatoms. The predicted octanol–water partition coefficient (Wildman–Crippen LogP) is 2.50. The number of methoxy groups -OCH3 is 1. The Morgan fingerprint density at radius 2 is 1.95 bits per heavy atom. The molecule has 0 spiro atoms. The zero-order chi connectivity index (χ0) is 14.3. The molecule has 0 saturated heterocycles. The number of rotatable bonds is 7. The lowest BCUT2D eigenvalue weighted by Gasteiger charge is -2.10. The van der Waals surface area contributed by atoms with Crippen LogP contribution in [0.3, 0.4) is 0 Å². The summed E-state index contributed by atoms with van der Waals surface area (Å²) in [7, 11) is 1.58. The Balaban J connectivity index is 2.41. The largest absolute Gasteiger partial charge is 0.383 e. The summed E-state index contributed by atoms with van der Waals surface area (Å²) in [5.41, 5.74) is 0.681. The zero-order valence-electron chi connectivity index (χ0n) is 10.4. The van der Waals surface area contributed by atoms with Gasteiger partial charge in [-0.1, -0.05) is 34.8 Å². The highest BCUT2D eigenvalue weighted by Gasteiger charge is 2.09. The molecule has 2 N–H and O–H groups in total. The van der Waals surface area contributed by atoms with Gasteiger partial charge in [0.25, 0.3) is 0 Å². The first kappa shape index (κ1) is 16.5. The lowest BCUT2D eigenvalue weighted by atomic mass is 10.2. The topological polar surface area (TPSA) is 50.4 Å². The number of ether oxygens (including phenoxy) is 1. The van der Waals surface area contributed by atoms with Gasteiger partial charge in [-0.3, -0.25) is 4.79 Å². The zero-order valence-corrected chi connectivity index (χ0v) is 12.7. The van der Waals surface area contributed by atoms with Gasteiger partial charge in [-0.05, 0) is 12.1 Å². The summed E-state index contributed by atoms with van der Waals surface area (Å²) >= 11 is 18.0. The molecule has 0 atom stereocenters. The second-order valence-electron chi connectivity index (χ2n) is 3.77. The van der Waals surface area contributed by atoms with E-state index in [9.17, 15) is 4.79 Å². The normalized spacial score (nSPS) is 10.5. The first-order chi connectivity index (χ1) is 9.06. The van der Waals surface area contributed by atoms with Gasteiger partial charge in [0.1, 0.15) is 0 Å². The molecule has 0 saturated carbocycles. The molecule has 19 heavy (non-hydrogen) atoms. The van der Waals surface area contributed by atoms with E-state index in [-0.39, 0.29) is 12.5 Å². The molecule has 0 fully saturated rings. The number of nitrogens with one attached hydrogen (secondary N) is 2. The Kier molecular flexibility index (Phi) is 7.49. The standard InChI is InChI=1S/C12H15Cl3N2O2/c1-19-5-4-17-11(18)7-16-6-8-9(13)2-3-10(14)12(8)15/h2-3,16H,4-7H2,1H3,(H,17,18). The van der Waals surface area contributed by atoms with Gasteiger partial charge >= 0.3 is 0 Å². The summed E-state index contributed by atoms with van der Waals surface area (Å²) in [6.07, 6.45) is 0. The summed E-state index contributed by atoms with van der Waals surface area (Å²) in [6.45, 7) is 1.51. The van der Waals surface area contributed by atoms with Crippen molar-refractivity contribution in [1.82, 2.24) is 10.6 Å². The summed E-state index contributed by atoms with van der Waals surface area (Å²) in [6, 6.07) is 3.30. The van der Waals surface area contributed by atoms with Crippen molar-refractivity contribution < 1.29 is 9.53 Å². The minimum Gasteiger partial charge on any atom is -0.383 e. The molecular weight excluding hydrogens is 311 g/mol. The smallest absolute Gasteiger partial charge is 0.234 e. The Hall–Kier alpha value is -0.520. The average molecular weight is 326 g/mol. The molecule has 0 aliphatic heterocycles. The number of carbonyl (C=O) groups excluding carboxylic acids is 1. The van der Waals surface area contributed by atoms with Crippen LogP contribution >= 0.6 is 34.8 Å². The lowest BCUT2D eigenvalue weighted by Crippen LogP contribution is -2.35. The van der Waals surface area contributed by atoms with Crippen LogP contribution in [-0.2, 0) is 16.1 Å². The van der Waals surface area contributed by atoms with Crippen LogP contribution < -0.4 is 10.6 Å². The highest BCUT2D eigenvalue weighted by Crippen LogP contribution is 2.31. The van der Waals surface area contributed by atoms with E-state index in [1.165, 1.54) is 0 Å². The van der Waals surface area contributed by atoms with E-state index < -0.39 is 0 Å². The second kappa shape index (κ2) is 8.61. The fourth-order valence-corrected chi connectivity index (χ4v) is 2.07. The lowest BCUT2D eigenvalue weighted by molar-refractivity contribution is -0.120. The van der Waals surface area contributed by atoms with Crippen LogP contribution in [-0.4, -0.2) is 32.7 Å². The maximum absolute atomic E-state index is 11.4. The summed E-state index contributed by atoms with van der Waals surface area (Å²) < 4.78 is 4.83. The Labute approximate surface area is 127 Å². The van der Waals surface area contributed by atoms with Crippen molar-refractivity contribution in [2.75, 3.05) is 26.8 Å². The molecule has 0 aliphatic carbocycles. The molecule has 0 bridgehead atoms. The molecule has 0 aromatic heterocycles. The number of hydrogen-bond donors (Lipinski definition) is 2. The van der Waals surface area contributed by atoms with Crippen molar-refractivity contribution in [1.29, 1.82) is 0 Å². The summed E-state index contributed by atoms with van der Waals surface area (Å²) in [5, 5.41) is 7.01. The molecule has 0 heterocycles. The molecule has 106 valence electrons. The van der Waals surface area contributed by atoms with Gasteiger partial charge in [0.05, 0.1) is 23.2 Å². The highest BCUT2D eigenvalue weighted by atomic mass is 35.5. The SMILES string of the molecule is COCCNC(=O)CNCc1c(Cl)ccc(Cl)c1Cl. The van der Waals surface area contributed by atoms with E-state index in [2.05, 4.69) is 10.6 Å². The molecule has 0 radical (unpaired) electrons. The quantitative estimate of drug-likeness (QED) is 0.598.